The lowest BCUT2D eigenvalue weighted by Gasteiger charge is -2.42. The highest BCUT2D eigenvalue weighted by Crippen LogP contribution is 2.57. The van der Waals surface area contributed by atoms with Crippen LogP contribution in [0.1, 0.15) is 49.9 Å². The van der Waals surface area contributed by atoms with E-state index < -0.39 is 0 Å². The Labute approximate surface area is 323 Å². The maximum absolute atomic E-state index is 2.56. The summed E-state index contributed by atoms with van der Waals surface area (Å²) in [4.78, 5) is 2.56. The van der Waals surface area contributed by atoms with Gasteiger partial charge in [-0.05, 0) is 101 Å². The molecule has 1 nitrogen and oxygen atoms in total. The number of hydrogen-bond acceptors (Lipinski definition) is 1. The van der Waals surface area contributed by atoms with Crippen LogP contribution < -0.4 is 4.90 Å². The van der Waals surface area contributed by atoms with E-state index in [1.165, 1.54) is 105 Å². The highest BCUT2D eigenvalue weighted by atomic mass is 15.2. The Morgan fingerprint density at radius 3 is 1.64 bits per heavy atom. The lowest BCUT2D eigenvalue weighted by Crippen LogP contribution is -2.30. The molecule has 55 heavy (non-hydrogen) atoms. The molecule has 11 rings (SSSR count). The van der Waals surface area contributed by atoms with Gasteiger partial charge in [-0.15, -0.1) is 0 Å². The van der Waals surface area contributed by atoms with E-state index in [1.807, 2.05) is 0 Å². The average molecular weight is 704 g/mol. The molecule has 2 aliphatic rings. The van der Waals surface area contributed by atoms with E-state index in [1.54, 1.807) is 0 Å². The largest absolute Gasteiger partial charge is 0.309 e. The van der Waals surface area contributed by atoms with Crippen LogP contribution in [0.25, 0.3) is 65.7 Å². The SMILES string of the molecule is CC1(C)c2ccccc2-c2ccc(-c3c4ccccc4c(N4c5ccccc5C(C)(C)c5ccccc54)c4ccc(-c5cccc6ccccc56)cc34)cc21. The Bertz CT molecular complexity index is 3000. The fourth-order valence-electron chi connectivity index (χ4n) is 10.1. The monoisotopic (exact) mass is 703 g/mol. The van der Waals surface area contributed by atoms with E-state index in [4.69, 9.17) is 0 Å². The minimum absolute atomic E-state index is 0.102. The van der Waals surface area contributed by atoms with Gasteiger partial charge in [0.1, 0.15) is 0 Å². The smallest absolute Gasteiger partial charge is 0.0619 e. The van der Waals surface area contributed by atoms with Crippen molar-refractivity contribution < 1.29 is 0 Å². The normalized spacial score (nSPS) is 14.8. The Hall–Kier alpha value is -6.44. The highest BCUT2D eigenvalue weighted by Gasteiger charge is 2.38. The van der Waals surface area contributed by atoms with Gasteiger partial charge in [0.25, 0.3) is 0 Å². The summed E-state index contributed by atoms with van der Waals surface area (Å²) in [7, 11) is 0. The number of benzene rings is 9. The summed E-state index contributed by atoms with van der Waals surface area (Å²) in [6.07, 6.45) is 0. The van der Waals surface area contributed by atoms with Crippen LogP contribution in [0.2, 0.25) is 0 Å². The first-order chi connectivity index (χ1) is 26.8. The van der Waals surface area contributed by atoms with Gasteiger partial charge in [0.2, 0.25) is 0 Å². The molecule has 0 N–H and O–H groups in total. The van der Waals surface area contributed by atoms with Crippen LogP contribution in [0.15, 0.2) is 176 Å². The van der Waals surface area contributed by atoms with E-state index in [0.717, 1.165) is 0 Å². The molecular formula is C54H41N. The lowest BCUT2D eigenvalue weighted by molar-refractivity contribution is 0.632. The van der Waals surface area contributed by atoms with Crippen LogP contribution >= 0.6 is 0 Å². The standard InChI is InChI=1S/C54H41N/c1-53(2)45-23-10-9-19-39(45)40-30-29-36(33-48(40)53)51-41-20-7-8-21-42(41)52(55-49-26-13-11-24-46(49)54(3,4)47-25-12-14-27-50(47)55)43-31-28-35(32-44(43)51)38-22-15-17-34-16-5-6-18-37(34)38/h5-33H,1-4H3. The maximum atomic E-state index is 2.56. The molecule has 0 aromatic heterocycles. The topological polar surface area (TPSA) is 3.24 Å². The first kappa shape index (κ1) is 32.0. The molecule has 0 bridgehead atoms. The van der Waals surface area contributed by atoms with Crippen molar-refractivity contribution >= 4 is 49.4 Å². The van der Waals surface area contributed by atoms with E-state index >= 15 is 0 Å². The second-order valence-electron chi connectivity index (χ2n) is 16.5. The van der Waals surface area contributed by atoms with Crippen LogP contribution in [-0.4, -0.2) is 0 Å². The zero-order valence-electron chi connectivity index (χ0n) is 31.7. The minimum atomic E-state index is -0.147. The Kier molecular flexibility index (Phi) is 6.72. The van der Waals surface area contributed by atoms with Gasteiger partial charge in [-0.1, -0.05) is 179 Å². The molecule has 1 aliphatic heterocycles. The fourth-order valence-corrected chi connectivity index (χ4v) is 10.1. The Morgan fingerprint density at radius 2 is 0.873 bits per heavy atom. The third-order valence-corrected chi connectivity index (χ3v) is 12.8. The predicted octanol–water partition coefficient (Wildman–Crippen LogP) is 14.9. The zero-order chi connectivity index (χ0) is 37.1. The molecule has 0 saturated carbocycles. The van der Waals surface area contributed by atoms with Crippen LogP contribution in [0.4, 0.5) is 17.1 Å². The number of rotatable bonds is 3. The molecule has 1 heterocycles. The van der Waals surface area contributed by atoms with Crippen LogP contribution in [-0.2, 0) is 10.8 Å². The van der Waals surface area contributed by atoms with E-state index in [0.29, 0.717) is 0 Å². The van der Waals surface area contributed by atoms with Gasteiger partial charge in [0.15, 0.2) is 0 Å². The molecule has 9 aromatic carbocycles. The van der Waals surface area contributed by atoms with Gasteiger partial charge in [0, 0.05) is 21.6 Å². The predicted molar refractivity (Wildman–Crippen MR) is 234 cm³/mol. The molecule has 1 heteroatoms. The molecule has 0 fully saturated rings. The van der Waals surface area contributed by atoms with Crippen LogP contribution in [0.5, 0.6) is 0 Å². The summed E-state index contributed by atoms with van der Waals surface area (Å²) in [5, 5.41) is 7.52. The first-order valence-corrected chi connectivity index (χ1v) is 19.5. The molecule has 0 atom stereocenters. The number of hydrogen-bond donors (Lipinski definition) is 0. The van der Waals surface area contributed by atoms with Gasteiger partial charge in [-0.25, -0.2) is 0 Å². The van der Waals surface area contributed by atoms with Gasteiger partial charge in [0.05, 0.1) is 17.1 Å². The average Bonchev–Trinajstić information content (AvgIpc) is 3.45. The fraction of sp³-hybridized carbons (Fsp3) is 0.111. The maximum Gasteiger partial charge on any atom is 0.0619 e. The molecule has 1 aliphatic carbocycles. The first-order valence-electron chi connectivity index (χ1n) is 19.5. The van der Waals surface area contributed by atoms with Gasteiger partial charge < -0.3 is 4.90 Å². The lowest BCUT2D eigenvalue weighted by atomic mass is 9.73. The number of para-hydroxylation sites is 2. The highest BCUT2D eigenvalue weighted by molar-refractivity contribution is 6.23. The number of anilines is 3. The molecule has 0 unspecified atom stereocenters. The van der Waals surface area contributed by atoms with Crippen molar-refractivity contribution in [2.24, 2.45) is 0 Å². The quantitative estimate of drug-likeness (QED) is 0.166. The van der Waals surface area contributed by atoms with Gasteiger partial charge in [-0.3, -0.25) is 0 Å². The van der Waals surface area contributed by atoms with Crippen molar-refractivity contribution in [3.05, 3.63) is 198 Å². The van der Waals surface area contributed by atoms with Crippen molar-refractivity contribution in [2.75, 3.05) is 4.90 Å². The summed E-state index contributed by atoms with van der Waals surface area (Å²) in [6.45, 7) is 9.50. The summed E-state index contributed by atoms with van der Waals surface area (Å²) in [5.41, 5.74) is 16.6. The molecule has 0 radical (unpaired) electrons. The van der Waals surface area contributed by atoms with Crippen molar-refractivity contribution in [2.45, 2.75) is 38.5 Å². The van der Waals surface area contributed by atoms with Crippen molar-refractivity contribution in [3.8, 4) is 33.4 Å². The Balaban J connectivity index is 1.27. The molecular weight excluding hydrogens is 663 g/mol. The number of nitrogens with zero attached hydrogens (tertiary/aromatic N) is 1. The molecule has 9 aromatic rings. The molecule has 262 valence electrons. The summed E-state index contributed by atoms with van der Waals surface area (Å²) in [6, 6.07) is 66.0. The molecule has 0 saturated heterocycles. The summed E-state index contributed by atoms with van der Waals surface area (Å²) in [5.74, 6) is 0. The molecule has 0 spiro atoms. The second-order valence-corrected chi connectivity index (χ2v) is 16.5. The second kappa shape index (κ2) is 11.5. The van der Waals surface area contributed by atoms with Crippen LogP contribution in [0, 0.1) is 0 Å². The molecule has 0 amide bonds. The third kappa shape index (κ3) is 4.47. The van der Waals surface area contributed by atoms with E-state index in [2.05, 4.69) is 209 Å². The van der Waals surface area contributed by atoms with E-state index in [9.17, 15) is 0 Å². The zero-order valence-corrected chi connectivity index (χ0v) is 31.7. The number of fused-ring (bicyclic) bond motifs is 8. The third-order valence-electron chi connectivity index (χ3n) is 12.8. The summed E-state index contributed by atoms with van der Waals surface area (Å²) < 4.78 is 0. The van der Waals surface area contributed by atoms with Crippen molar-refractivity contribution in [1.29, 1.82) is 0 Å². The van der Waals surface area contributed by atoms with Crippen LogP contribution in [0.3, 0.4) is 0 Å². The van der Waals surface area contributed by atoms with Crippen molar-refractivity contribution in [3.63, 3.8) is 0 Å². The van der Waals surface area contributed by atoms with E-state index in [-0.39, 0.29) is 10.8 Å². The summed E-state index contributed by atoms with van der Waals surface area (Å²) >= 11 is 0. The minimum Gasteiger partial charge on any atom is -0.309 e. The van der Waals surface area contributed by atoms with Gasteiger partial charge >= 0.3 is 0 Å². The van der Waals surface area contributed by atoms with Gasteiger partial charge in [-0.2, -0.15) is 0 Å². The van der Waals surface area contributed by atoms with Crippen molar-refractivity contribution in [1.82, 2.24) is 0 Å². The Morgan fingerprint density at radius 1 is 0.345 bits per heavy atom.